The minimum absolute atomic E-state index is 0.0575. The molecule has 0 unspecified atom stereocenters. The van der Waals surface area contributed by atoms with Gasteiger partial charge in [-0.3, -0.25) is 0 Å². The molecule has 0 spiro atoms. The Morgan fingerprint density at radius 3 is 2.76 bits per heavy atom. The van der Waals surface area contributed by atoms with Crippen LogP contribution >= 0.6 is 0 Å². The van der Waals surface area contributed by atoms with Crippen molar-refractivity contribution in [1.82, 2.24) is 14.4 Å². The van der Waals surface area contributed by atoms with E-state index in [9.17, 15) is 8.42 Å². The molecule has 7 heteroatoms. The van der Waals surface area contributed by atoms with Crippen molar-refractivity contribution in [2.45, 2.75) is 30.7 Å². The van der Waals surface area contributed by atoms with E-state index >= 15 is 0 Å². The van der Waals surface area contributed by atoms with E-state index in [2.05, 4.69) is 17.1 Å². The van der Waals surface area contributed by atoms with Crippen molar-refractivity contribution in [3.05, 3.63) is 36.0 Å². The predicted molar refractivity (Wildman–Crippen MR) is 94.6 cm³/mol. The normalized spacial score (nSPS) is 25.2. The quantitative estimate of drug-likeness (QED) is 0.840. The summed E-state index contributed by atoms with van der Waals surface area (Å²) in [5.41, 5.74) is 1.50. The Balaban J connectivity index is 1.74. The van der Waals surface area contributed by atoms with Gasteiger partial charge in [0.05, 0.1) is 11.1 Å². The number of benzene rings is 1. The van der Waals surface area contributed by atoms with Gasteiger partial charge in [0.2, 0.25) is 10.0 Å². The van der Waals surface area contributed by atoms with Crippen molar-refractivity contribution in [3.8, 4) is 11.3 Å². The predicted octanol–water partition coefficient (Wildman–Crippen LogP) is 2.36. The summed E-state index contributed by atoms with van der Waals surface area (Å²) in [7, 11) is -1.46. The molecule has 0 saturated carbocycles. The molecule has 0 aliphatic carbocycles. The highest BCUT2D eigenvalue weighted by Crippen LogP contribution is 2.34. The van der Waals surface area contributed by atoms with E-state index in [0.29, 0.717) is 23.1 Å². The van der Waals surface area contributed by atoms with Gasteiger partial charge in [0.15, 0.2) is 5.76 Å². The number of aryl methyl sites for hydroxylation is 1. The second kappa shape index (κ2) is 6.23. The number of likely N-dealkylation sites (N-methyl/N-ethyl adjacent to an activating group) is 1. The van der Waals surface area contributed by atoms with Crippen LogP contribution in [0.5, 0.6) is 0 Å². The van der Waals surface area contributed by atoms with Crippen LogP contribution in [0.25, 0.3) is 11.3 Å². The van der Waals surface area contributed by atoms with Gasteiger partial charge in [0.1, 0.15) is 0 Å². The van der Waals surface area contributed by atoms with E-state index in [0.717, 1.165) is 37.1 Å². The molecule has 5 rings (SSSR count). The van der Waals surface area contributed by atoms with Crippen molar-refractivity contribution in [3.63, 3.8) is 0 Å². The highest BCUT2D eigenvalue weighted by Gasteiger charge is 2.40. The fourth-order valence-electron chi connectivity index (χ4n) is 4.09. The summed E-state index contributed by atoms with van der Waals surface area (Å²) >= 11 is 0. The third kappa shape index (κ3) is 3.01. The summed E-state index contributed by atoms with van der Waals surface area (Å²) in [5, 5.41) is 3.71. The highest BCUT2D eigenvalue weighted by molar-refractivity contribution is 7.89. The molecule has 134 valence electrons. The Labute approximate surface area is 148 Å². The lowest BCUT2D eigenvalue weighted by molar-refractivity contribution is 0.229. The van der Waals surface area contributed by atoms with E-state index in [-0.39, 0.29) is 6.04 Å². The SMILES string of the molecule is Cc1ccc(-c2ccno2)cc1S(=O)(=O)N1C[C@@H]2CC[C@H]1CN(C)C2. The average Bonchev–Trinajstić information content (AvgIpc) is 2.98. The largest absolute Gasteiger partial charge is 0.356 e. The number of piperidine rings is 1. The summed E-state index contributed by atoms with van der Waals surface area (Å²) in [4.78, 5) is 2.63. The number of fused-ring (bicyclic) bond motifs is 4. The molecule has 2 aromatic rings. The number of sulfonamides is 1. The fraction of sp³-hybridized carbons (Fsp3) is 0.500. The molecule has 1 aromatic carbocycles. The van der Waals surface area contributed by atoms with Crippen molar-refractivity contribution >= 4 is 10.0 Å². The van der Waals surface area contributed by atoms with Crippen LogP contribution in [-0.2, 0) is 10.0 Å². The second-order valence-electron chi connectivity index (χ2n) is 7.25. The molecular weight excluding hydrogens is 338 g/mol. The number of hydrogen-bond acceptors (Lipinski definition) is 5. The molecule has 6 nitrogen and oxygen atoms in total. The molecule has 3 aliphatic heterocycles. The molecule has 25 heavy (non-hydrogen) atoms. The van der Waals surface area contributed by atoms with Gasteiger partial charge in [-0.1, -0.05) is 17.3 Å². The van der Waals surface area contributed by atoms with E-state index < -0.39 is 10.0 Å². The average molecular weight is 361 g/mol. The molecule has 0 amide bonds. The van der Waals surface area contributed by atoms with Gasteiger partial charge < -0.3 is 9.42 Å². The monoisotopic (exact) mass is 361 g/mol. The fourth-order valence-corrected chi connectivity index (χ4v) is 6.07. The summed E-state index contributed by atoms with van der Waals surface area (Å²) in [6.07, 6.45) is 3.61. The van der Waals surface area contributed by atoms with Crippen molar-refractivity contribution < 1.29 is 12.9 Å². The molecule has 2 bridgehead atoms. The summed E-state index contributed by atoms with van der Waals surface area (Å²) in [6, 6.07) is 7.23. The van der Waals surface area contributed by atoms with Crippen LogP contribution in [0.2, 0.25) is 0 Å². The first kappa shape index (κ1) is 16.8. The maximum Gasteiger partial charge on any atom is 0.243 e. The van der Waals surface area contributed by atoms with Crippen molar-refractivity contribution in [1.29, 1.82) is 0 Å². The topological polar surface area (TPSA) is 66.7 Å². The first-order chi connectivity index (χ1) is 11.9. The van der Waals surface area contributed by atoms with Crippen LogP contribution < -0.4 is 0 Å². The maximum atomic E-state index is 13.4. The molecule has 1 aromatic heterocycles. The first-order valence-corrected chi connectivity index (χ1v) is 10.1. The number of hydrogen-bond donors (Lipinski definition) is 0. The first-order valence-electron chi connectivity index (χ1n) is 8.67. The Bertz CT molecular complexity index is 864. The molecule has 3 aliphatic rings. The van der Waals surface area contributed by atoms with Crippen LogP contribution in [0.15, 0.2) is 39.9 Å². The molecule has 4 heterocycles. The number of rotatable bonds is 3. The minimum atomic E-state index is -3.54. The Morgan fingerprint density at radius 2 is 2.00 bits per heavy atom. The van der Waals surface area contributed by atoms with Crippen LogP contribution in [0, 0.1) is 12.8 Å². The van der Waals surface area contributed by atoms with Gasteiger partial charge in [-0.15, -0.1) is 0 Å². The molecule has 2 atom stereocenters. The van der Waals surface area contributed by atoms with Gasteiger partial charge >= 0.3 is 0 Å². The molecule has 3 fully saturated rings. The van der Waals surface area contributed by atoms with Gasteiger partial charge in [-0.25, -0.2) is 8.42 Å². The van der Waals surface area contributed by atoms with Crippen LogP contribution in [0.1, 0.15) is 18.4 Å². The Morgan fingerprint density at radius 1 is 1.16 bits per heavy atom. The highest BCUT2D eigenvalue weighted by atomic mass is 32.2. The zero-order valence-corrected chi connectivity index (χ0v) is 15.4. The summed E-state index contributed by atoms with van der Waals surface area (Å²) < 4.78 is 33.8. The van der Waals surface area contributed by atoms with Gasteiger partial charge in [0, 0.05) is 37.3 Å². The molecule has 0 N–H and O–H groups in total. The van der Waals surface area contributed by atoms with E-state index in [1.54, 1.807) is 22.6 Å². The number of nitrogens with zero attached hydrogens (tertiary/aromatic N) is 3. The van der Waals surface area contributed by atoms with Gasteiger partial charge in [-0.2, -0.15) is 4.31 Å². The van der Waals surface area contributed by atoms with Crippen molar-refractivity contribution in [2.24, 2.45) is 5.92 Å². The maximum absolute atomic E-state index is 13.4. The number of aromatic nitrogens is 1. The Kier molecular flexibility index (Phi) is 4.17. The summed E-state index contributed by atoms with van der Waals surface area (Å²) in [5.74, 6) is 0.991. The lowest BCUT2D eigenvalue weighted by atomic mass is 9.97. The van der Waals surface area contributed by atoms with Crippen molar-refractivity contribution in [2.75, 3.05) is 26.7 Å². The standard InChI is InChI=1S/C18H23N3O3S/c1-13-3-5-15(17-7-8-19-24-17)9-18(13)25(22,23)21-11-14-4-6-16(21)12-20(2)10-14/h3,5,7-9,14,16H,4,6,10-12H2,1-2H3/t14-,16+/m1/s1. The van der Waals surface area contributed by atoms with Crippen LogP contribution in [0.3, 0.4) is 0 Å². The van der Waals surface area contributed by atoms with E-state index in [1.165, 1.54) is 0 Å². The Hall–Kier alpha value is -1.70. The zero-order chi connectivity index (χ0) is 17.6. The molecule has 3 saturated heterocycles. The lowest BCUT2D eigenvalue weighted by Gasteiger charge is -2.35. The van der Waals surface area contributed by atoms with Gasteiger partial charge in [-0.05, 0) is 44.4 Å². The van der Waals surface area contributed by atoms with Gasteiger partial charge in [0.25, 0.3) is 0 Å². The minimum Gasteiger partial charge on any atom is -0.356 e. The van der Waals surface area contributed by atoms with E-state index in [1.807, 2.05) is 19.1 Å². The third-order valence-electron chi connectivity index (χ3n) is 5.34. The summed E-state index contributed by atoms with van der Waals surface area (Å²) in [6.45, 7) is 4.23. The zero-order valence-electron chi connectivity index (χ0n) is 14.6. The molecule has 0 radical (unpaired) electrons. The van der Waals surface area contributed by atoms with Crippen LogP contribution in [0.4, 0.5) is 0 Å². The van der Waals surface area contributed by atoms with Crippen LogP contribution in [-0.4, -0.2) is 55.5 Å². The smallest absolute Gasteiger partial charge is 0.243 e. The van der Waals surface area contributed by atoms with E-state index in [4.69, 9.17) is 4.52 Å². The molecular formula is C18H23N3O3S. The third-order valence-corrected chi connectivity index (χ3v) is 7.40. The lowest BCUT2D eigenvalue weighted by Crippen LogP contribution is -2.47. The second-order valence-corrected chi connectivity index (χ2v) is 9.11.